The van der Waals surface area contributed by atoms with Crippen LogP contribution in [0.25, 0.3) is 0 Å². The largest absolute Gasteiger partial charge is 0.396 e. The Morgan fingerprint density at radius 1 is 1.25 bits per heavy atom. The summed E-state index contributed by atoms with van der Waals surface area (Å²) in [6.07, 6.45) is 3.13. The van der Waals surface area contributed by atoms with E-state index < -0.39 is 11.7 Å². The lowest BCUT2D eigenvalue weighted by Crippen LogP contribution is -2.42. The number of nitrogen functional groups attached to an aromatic ring is 1. The predicted molar refractivity (Wildman–Crippen MR) is 73.6 cm³/mol. The molecule has 0 aromatic heterocycles. The Bertz CT molecular complexity index is 513. The highest BCUT2D eigenvalue weighted by atomic mass is 19.1. The molecule has 0 saturated carbocycles. The van der Waals surface area contributed by atoms with Crippen LogP contribution in [0.2, 0.25) is 0 Å². The molecule has 3 N–H and O–H groups in total. The van der Waals surface area contributed by atoms with Gasteiger partial charge in [-0.25, -0.2) is 4.39 Å². The molecule has 1 fully saturated rings. The number of amides is 2. The number of hydrogen-bond donors (Lipinski definition) is 2. The Hall–Kier alpha value is -2.11. The summed E-state index contributed by atoms with van der Waals surface area (Å²) in [6.45, 7) is 1.38. The highest BCUT2D eigenvalue weighted by molar-refractivity contribution is 6.00. The molecular formula is C14H18FN3O2. The van der Waals surface area contributed by atoms with Gasteiger partial charge >= 0.3 is 0 Å². The number of halogens is 1. The summed E-state index contributed by atoms with van der Waals surface area (Å²) >= 11 is 0. The van der Waals surface area contributed by atoms with E-state index in [1.54, 1.807) is 4.90 Å². The van der Waals surface area contributed by atoms with Crippen LogP contribution in [-0.2, 0) is 4.79 Å². The zero-order valence-electron chi connectivity index (χ0n) is 11.2. The van der Waals surface area contributed by atoms with Gasteiger partial charge in [0.2, 0.25) is 5.91 Å². The zero-order chi connectivity index (χ0) is 14.5. The number of hydrogen-bond acceptors (Lipinski definition) is 3. The first-order valence-corrected chi connectivity index (χ1v) is 6.69. The first kappa shape index (κ1) is 14.3. The minimum atomic E-state index is -0.639. The van der Waals surface area contributed by atoms with Crippen molar-refractivity contribution in [1.29, 1.82) is 0 Å². The molecule has 1 aromatic rings. The third-order valence-electron chi connectivity index (χ3n) is 3.41. The Morgan fingerprint density at radius 3 is 2.65 bits per heavy atom. The number of benzene rings is 1. The maximum atomic E-state index is 13.2. The van der Waals surface area contributed by atoms with Gasteiger partial charge in [-0.05, 0) is 31.4 Å². The summed E-state index contributed by atoms with van der Waals surface area (Å²) in [5.41, 5.74) is 5.36. The van der Waals surface area contributed by atoms with Crippen LogP contribution in [0.4, 0.5) is 10.1 Å². The standard InChI is InChI=1S/C14H18FN3O2/c15-11-6-4-5-10(13(11)16)14(20)17-9-12(19)18-7-2-1-3-8-18/h4-6H,1-3,7-9,16H2,(H,17,20). The normalized spacial score (nSPS) is 14.9. The smallest absolute Gasteiger partial charge is 0.253 e. The second-order valence-electron chi connectivity index (χ2n) is 4.83. The fourth-order valence-corrected chi connectivity index (χ4v) is 2.24. The topological polar surface area (TPSA) is 75.4 Å². The molecule has 108 valence electrons. The van der Waals surface area contributed by atoms with Crippen molar-refractivity contribution in [2.45, 2.75) is 19.3 Å². The van der Waals surface area contributed by atoms with Crippen LogP contribution in [0.3, 0.4) is 0 Å². The second-order valence-corrected chi connectivity index (χ2v) is 4.83. The molecule has 0 bridgehead atoms. The summed E-state index contributed by atoms with van der Waals surface area (Å²) in [4.78, 5) is 25.5. The first-order valence-electron chi connectivity index (χ1n) is 6.69. The van der Waals surface area contributed by atoms with Crippen LogP contribution in [0.5, 0.6) is 0 Å². The maximum Gasteiger partial charge on any atom is 0.253 e. The number of rotatable bonds is 3. The van der Waals surface area contributed by atoms with Gasteiger partial charge in [0.05, 0.1) is 17.8 Å². The van der Waals surface area contributed by atoms with E-state index in [1.165, 1.54) is 18.2 Å². The van der Waals surface area contributed by atoms with E-state index in [0.29, 0.717) is 0 Å². The average Bonchev–Trinajstić information content (AvgIpc) is 2.48. The SMILES string of the molecule is Nc1c(F)cccc1C(=O)NCC(=O)N1CCCCC1. The van der Waals surface area contributed by atoms with Crippen molar-refractivity contribution >= 4 is 17.5 Å². The van der Waals surface area contributed by atoms with Crippen molar-refractivity contribution < 1.29 is 14.0 Å². The van der Waals surface area contributed by atoms with Gasteiger partial charge in [-0.1, -0.05) is 6.07 Å². The van der Waals surface area contributed by atoms with Crippen molar-refractivity contribution in [2.75, 3.05) is 25.4 Å². The first-order chi connectivity index (χ1) is 9.59. The van der Waals surface area contributed by atoms with Crippen LogP contribution >= 0.6 is 0 Å². The van der Waals surface area contributed by atoms with E-state index in [2.05, 4.69) is 5.32 Å². The van der Waals surface area contributed by atoms with Crippen LogP contribution in [0.15, 0.2) is 18.2 Å². The number of carbonyl (C=O) groups is 2. The van der Waals surface area contributed by atoms with Crippen LogP contribution in [0, 0.1) is 5.82 Å². The number of carbonyl (C=O) groups excluding carboxylic acids is 2. The Morgan fingerprint density at radius 2 is 1.95 bits per heavy atom. The van der Waals surface area contributed by atoms with E-state index in [4.69, 9.17) is 5.73 Å². The van der Waals surface area contributed by atoms with E-state index in [-0.39, 0.29) is 23.7 Å². The van der Waals surface area contributed by atoms with E-state index >= 15 is 0 Å². The zero-order valence-corrected chi connectivity index (χ0v) is 11.2. The summed E-state index contributed by atoms with van der Waals surface area (Å²) < 4.78 is 13.2. The molecule has 1 heterocycles. The number of para-hydroxylation sites is 1. The lowest BCUT2D eigenvalue weighted by molar-refractivity contribution is -0.130. The van der Waals surface area contributed by atoms with Gasteiger partial charge < -0.3 is 16.0 Å². The number of piperidine rings is 1. The van der Waals surface area contributed by atoms with Crippen molar-refractivity contribution in [3.8, 4) is 0 Å². The minimum Gasteiger partial charge on any atom is -0.396 e. The van der Waals surface area contributed by atoms with Crippen LogP contribution in [-0.4, -0.2) is 36.3 Å². The van der Waals surface area contributed by atoms with Gasteiger partial charge in [-0.3, -0.25) is 9.59 Å². The van der Waals surface area contributed by atoms with Gasteiger partial charge in [0.15, 0.2) is 0 Å². The molecule has 0 atom stereocenters. The summed E-state index contributed by atoms with van der Waals surface area (Å²) in [5.74, 6) is -1.29. The molecular weight excluding hydrogens is 261 g/mol. The molecule has 1 aliphatic rings. The summed E-state index contributed by atoms with van der Waals surface area (Å²) in [6, 6.07) is 4.02. The molecule has 0 aliphatic carbocycles. The monoisotopic (exact) mass is 279 g/mol. The Balaban J connectivity index is 1.91. The molecule has 0 spiro atoms. The van der Waals surface area contributed by atoms with E-state index in [9.17, 15) is 14.0 Å². The fraction of sp³-hybridized carbons (Fsp3) is 0.429. The van der Waals surface area contributed by atoms with Crippen molar-refractivity contribution in [3.63, 3.8) is 0 Å². The van der Waals surface area contributed by atoms with Crippen molar-refractivity contribution in [2.24, 2.45) is 0 Å². The minimum absolute atomic E-state index is 0.0523. The van der Waals surface area contributed by atoms with Gasteiger partial charge in [0.1, 0.15) is 5.82 Å². The van der Waals surface area contributed by atoms with Gasteiger partial charge in [-0.2, -0.15) is 0 Å². The van der Waals surface area contributed by atoms with Crippen molar-refractivity contribution in [1.82, 2.24) is 10.2 Å². The Kier molecular flexibility index (Phi) is 4.55. The van der Waals surface area contributed by atoms with Crippen LogP contribution < -0.4 is 11.1 Å². The van der Waals surface area contributed by atoms with E-state index in [0.717, 1.165) is 32.4 Å². The summed E-state index contributed by atoms with van der Waals surface area (Å²) in [7, 11) is 0. The van der Waals surface area contributed by atoms with E-state index in [1.807, 2.05) is 0 Å². The number of nitrogens with zero attached hydrogens (tertiary/aromatic N) is 1. The third-order valence-corrected chi connectivity index (χ3v) is 3.41. The molecule has 0 radical (unpaired) electrons. The lowest BCUT2D eigenvalue weighted by Gasteiger charge is -2.26. The lowest BCUT2D eigenvalue weighted by atomic mass is 10.1. The molecule has 0 unspecified atom stereocenters. The number of likely N-dealkylation sites (tertiary alicyclic amines) is 1. The molecule has 1 aromatic carbocycles. The van der Waals surface area contributed by atoms with Crippen LogP contribution in [0.1, 0.15) is 29.6 Å². The second kappa shape index (κ2) is 6.36. The van der Waals surface area contributed by atoms with Gasteiger partial charge in [0.25, 0.3) is 5.91 Å². The maximum absolute atomic E-state index is 13.2. The number of nitrogens with one attached hydrogen (secondary N) is 1. The fourth-order valence-electron chi connectivity index (χ4n) is 2.24. The molecule has 6 heteroatoms. The summed E-state index contributed by atoms with van der Waals surface area (Å²) in [5, 5.41) is 2.49. The Labute approximate surface area is 116 Å². The molecule has 5 nitrogen and oxygen atoms in total. The number of nitrogens with two attached hydrogens (primary N) is 1. The molecule has 20 heavy (non-hydrogen) atoms. The average molecular weight is 279 g/mol. The molecule has 2 amide bonds. The van der Waals surface area contributed by atoms with Gasteiger partial charge in [0, 0.05) is 13.1 Å². The van der Waals surface area contributed by atoms with Gasteiger partial charge in [-0.15, -0.1) is 0 Å². The quantitative estimate of drug-likeness (QED) is 0.815. The predicted octanol–water partition coefficient (Wildman–Crippen LogP) is 1.15. The van der Waals surface area contributed by atoms with Crippen molar-refractivity contribution in [3.05, 3.63) is 29.6 Å². The highest BCUT2D eigenvalue weighted by Crippen LogP contribution is 2.15. The molecule has 1 aliphatic heterocycles. The highest BCUT2D eigenvalue weighted by Gasteiger charge is 2.18. The number of anilines is 1. The molecule has 1 saturated heterocycles. The third kappa shape index (κ3) is 3.26. The molecule has 2 rings (SSSR count).